The summed E-state index contributed by atoms with van der Waals surface area (Å²) in [5.74, 6) is 0. The molecule has 0 aliphatic carbocycles. The fraction of sp³-hybridized carbons (Fsp3) is 0.524. The molecule has 0 radical (unpaired) electrons. The van der Waals surface area contributed by atoms with Crippen molar-refractivity contribution >= 4 is 12.2 Å². The number of anilines is 1. The third kappa shape index (κ3) is 5.11. The molecule has 28 heavy (non-hydrogen) atoms. The lowest BCUT2D eigenvalue weighted by molar-refractivity contribution is -0.122. The van der Waals surface area contributed by atoms with E-state index in [0.717, 1.165) is 45.8 Å². The Bertz CT molecular complexity index is 775. The summed E-state index contributed by atoms with van der Waals surface area (Å²) in [5.41, 5.74) is 3.89. The maximum atomic E-state index is 8.36. The van der Waals surface area contributed by atoms with Crippen molar-refractivity contribution in [1.82, 2.24) is 14.7 Å². The van der Waals surface area contributed by atoms with Gasteiger partial charge in [-0.05, 0) is 37.5 Å². The smallest absolute Gasteiger partial charge is 0.290 e. The first-order valence-electron chi connectivity index (χ1n) is 9.77. The first-order valence-corrected chi connectivity index (χ1v) is 9.77. The van der Waals surface area contributed by atoms with E-state index in [2.05, 4.69) is 52.3 Å². The summed E-state index contributed by atoms with van der Waals surface area (Å²) in [6.45, 7) is 7.81. The highest BCUT2D eigenvalue weighted by Crippen LogP contribution is 2.32. The van der Waals surface area contributed by atoms with E-state index in [1.807, 2.05) is 17.9 Å². The molecule has 3 heterocycles. The summed E-state index contributed by atoms with van der Waals surface area (Å²) in [7, 11) is 1.98. The number of nitrogens with zero attached hydrogens (tertiary/aromatic N) is 4. The van der Waals surface area contributed by atoms with E-state index in [4.69, 9.17) is 14.6 Å². The number of benzene rings is 1. The van der Waals surface area contributed by atoms with Gasteiger partial charge in [-0.1, -0.05) is 12.1 Å². The second-order valence-electron chi connectivity index (χ2n) is 7.73. The molecule has 2 fully saturated rings. The normalized spacial score (nSPS) is 22.6. The van der Waals surface area contributed by atoms with E-state index in [0.29, 0.717) is 0 Å². The molecule has 2 aromatic rings. The van der Waals surface area contributed by atoms with Crippen molar-refractivity contribution in [3.8, 4) is 0 Å². The van der Waals surface area contributed by atoms with Gasteiger partial charge < -0.3 is 14.7 Å². The van der Waals surface area contributed by atoms with Gasteiger partial charge in [0.1, 0.15) is 0 Å². The SMILES string of the molecule is Cc1cccc(N2CCCC3(CN(Cc4cnn(C)c4)CCO3)C2)c1.O=CO. The summed E-state index contributed by atoms with van der Waals surface area (Å²) < 4.78 is 8.24. The summed E-state index contributed by atoms with van der Waals surface area (Å²) in [6, 6.07) is 8.83. The van der Waals surface area contributed by atoms with E-state index in [1.165, 1.54) is 23.2 Å². The molecule has 1 aromatic carbocycles. The van der Waals surface area contributed by atoms with Gasteiger partial charge in [-0.2, -0.15) is 5.10 Å². The number of ether oxygens (including phenoxy) is 1. The van der Waals surface area contributed by atoms with Gasteiger partial charge in [0.15, 0.2) is 0 Å². The molecule has 7 nitrogen and oxygen atoms in total. The molecule has 2 aliphatic heterocycles. The van der Waals surface area contributed by atoms with Crippen molar-refractivity contribution in [1.29, 1.82) is 0 Å². The Balaban J connectivity index is 0.000000706. The Labute approximate surface area is 166 Å². The monoisotopic (exact) mass is 386 g/mol. The standard InChI is InChI=1S/C20H28N4O.CH2O2/c1-17-5-3-6-19(11-17)24-8-4-7-20(16-24)15-23(9-10-25-20)14-18-12-21-22(2)13-18;2-1-3/h3,5-6,11-13H,4,7-10,14-16H2,1-2H3;1H,(H,2,3). The maximum absolute atomic E-state index is 8.36. The molecule has 7 heteroatoms. The number of hydrogen-bond donors (Lipinski definition) is 1. The molecule has 1 aromatic heterocycles. The molecule has 2 saturated heterocycles. The van der Waals surface area contributed by atoms with Crippen LogP contribution >= 0.6 is 0 Å². The fourth-order valence-corrected chi connectivity index (χ4v) is 4.26. The fourth-order valence-electron chi connectivity index (χ4n) is 4.26. The first-order chi connectivity index (χ1) is 13.5. The Hall–Kier alpha value is -2.38. The van der Waals surface area contributed by atoms with Crippen LogP contribution in [0.15, 0.2) is 36.7 Å². The molecule has 4 rings (SSSR count). The van der Waals surface area contributed by atoms with E-state index >= 15 is 0 Å². The van der Waals surface area contributed by atoms with Crippen molar-refractivity contribution in [2.45, 2.75) is 31.9 Å². The molecule has 1 spiro atoms. The van der Waals surface area contributed by atoms with E-state index in [-0.39, 0.29) is 12.1 Å². The average Bonchev–Trinajstić information content (AvgIpc) is 3.07. The second-order valence-corrected chi connectivity index (χ2v) is 7.73. The number of carbonyl (C=O) groups is 1. The Kier molecular flexibility index (Phi) is 6.70. The lowest BCUT2D eigenvalue weighted by Gasteiger charge is -2.48. The second kappa shape index (κ2) is 9.21. The number of piperidine rings is 1. The van der Waals surface area contributed by atoms with Crippen LogP contribution in [-0.4, -0.2) is 64.6 Å². The molecular weight excluding hydrogens is 356 g/mol. The number of rotatable bonds is 3. The molecule has 1 unspecified atom stereocenters. The van der Waals surface area contributed by atoms with Crippen LogP contribution in [0.1, 0.15) is 24.0 Å². The van der Waals surface area contributed by atoms with E-state index in [1.54, 1.807) is 0 Å². The van der Waals surface area contributed by atoms with Gasteiger partial charge in [-0.3, -0.25) is 14.4 Å². The average molecular weight is 386 g/mol. The molecule has 0 amide bonds. The largest absolute Gasteiger partial charge is 0.483 e. The van der Waals surface area contributed by atoms with Gasteiger partial charge in [0.05, 0.1) is 18.4 Å². The molecule has 1 N–H and O–H groups in total. The van der Waals surface area contributed by atoms with Crippen LogP contribution in [0.3, 0.4) is 0 Å². The van der Waals surface area contributed by atoms with Crippen LogP contribution in [0.5, 0.6) is 0 Å². The Morgan fingerprint density at radius 3 is 2.86 bits per heavy atom. The number of aromatic nitrogens is 2. The van der Waals surface area contributed by atoms with Crippen molar-refractivity contribution in [2.75, 3.05) is 37.7 Å². The maximum Gasteiger partial charge on any atom is 0.290 e. The molecule has 1 atom stereocenters. The van der Waals surface area contributed by atoms with Gasteiger partial charge in [-0.15, -0.1) is 0 Å². The minimum absolute atomic E-state index is 0.0392. The molecule has 2 aliphatic rings. The van der Waals surface area contributed by atoms with Crippen molar-refractivity contribution < 1.29 is 14.6 Å². The van der Waals surface area contributed by atoms with Crippen LogP contribution in [0.4, 0.5) is 5.69 Å². The highest BCUT2D eigenvalue weighted by Gasteiger charge is 2.40. The zero-order valence-corrected chi connectivity index (χ0v) is 16.8. The van der Waals surface area contributed by atoms with Gasteiger partial charge in [0, 0.05) is 57.2 Å². The van der Waals surface area contributed by atoms with Gasteiger partial charge >= 0.3 is 0 Å². The number of carboxylic acid groups (broad SMARTS) is 1. The van der Waals surface area contributed by atoms with Crippen LogP contribution < -0.4 is 4.90 Å². The van der Waals surface area contributed by atoms with Gasteiger partial charge in [-0.25, -0.2) is 0 Å². The van der Waals surface area contributed by atoms with Crippen molar-refractivity contribution in [2.24, 2.45) is 7.05 Å². The third-order valence-electron chi connectivity index (χ3n) is 5.40. The molecule has 0 bridgehead atoms. The minimum atomic E-state index is -0.250. The summed E-state index contributed by atoms with van der Waals surface area (Å²) in [4.78, 5) is 13.4. The highest BCUT2D eigenvalue weighted by atomic mass is 16.5. The zero-order chi connectivity index (χ0) is 20.0. The summed E-state index contributed by atoms with van der Waals surface area (Å²) in [6.07, 6.45) is 6.43. The van der Waals surface area contributed by atoms with Gasteiger partial charge in [0.25, 0.3) is 6.47 Å². The van der Waals surface area contributed by atoms with E-state index < -0.39 is 0 Å². The predicted molar refractivity (Wildman–Crippen MR) is 108 cm³/mol. The van der Waals surface area contributed by atoms with Gasteiger partial charge in [0.2, 0.25) is 0 Å². The Morgan fingerprint density at radius 2 is 2.14 bits per heavy atom. The predicted octanol–water partition coefficient (Wildman–Crippen LogP) is 2.30. The minimum Gasteiger partial charge on any atom is -0.483 e. The highest BCUT2D eigenvalue weighted by molar-refractivity contribution is 5.49. The summed E-state index contributed by atoms with van der Waals surface area (Å²) >= 11 is 0. The van der Waals surface area contributed by atoms with Crippen LogP contribution in [0.25, 0.3) is 0 Å². The molecule has 152 valence electrons. The lowest BCUT2D eigenvalue weighted by Crippen LogP contribution is -2.59. The third-order valence-corrected chi connectivity index (χ3v) is 5.40. The summed E-state index contributed by atoms with van der Waals surface area (Å²) in [5, 5.41) is 11.2. The van der Waals surface area contributed by atoms with E-state index in [9.17, 15) is 0 Å². The van der Waals surface area contributed by atoms with Crippen LogP contribution in [-0.2, 0) is 23.1 Å². The molecular formula is C21H30N4O3. The molecule has 0 saturated carbocycles. The number of aryl methyl sites for hydroxylation is 2. The van der Waals surface area contributed by atoms with Crippen molar-refractivity contribution in [3.05, 3.63) is 47.8 Å². The topological polar surface area (TPSA) is 70.8 Å². The lowest BCUT2D eigenvalue weighted by atomic mass is 9.90. The van der Waals surface area contributed by atoms with Crippen LogP contribution in [0.2, 0.25) is 0 Å². The number of hydrogen-bond acceptors (Lipinski definition) is 5. The number of morpholine rings is 1. The van der Waals surface area contributed by atoms with Crippen LogP contribution in [0, 0.1) is 6.92 Å². The van der Waals surface area contributed by atoms with Crippen molar-refractivity contribution in [3.63, 3.8) is 0 Å². The zero-order valence-electron chi connectivity index (χ0n) is 16.8. The Morgan fingerprint density at radius 1 is 1.32 bits per heavy atom. The first kappa shape index (κ1) is 20.4. The quantitative estimate of drug-likeness (QED) is 0.817.